The summed E-state index contributed by atoms with van der Waals surface area (Å²) >= 11 is 14.3. The zero-order valence-electron chi connectivity index (χ0n) is 21.4. The molecule has 0 bridgehead atoms. The van der Waals surface area contributed by atoms with Gasteiger partial charge in [-0.25, -0.2) is 4.90 Å². The van der Waals surface area contributed by atoms with Gasteiger partial charge in [0.1, 0.15) is 17.5 Å². The topological polar surface area (TPSA) is 97.7 Å². The van der Waals surface area contributed by atoms with E-state index in [1.807, 2.05) is 0 Å². The average Bonchev–Trinajstić information content (AvgIpc) is 3.40. The quantitative estimate of drug-likeness (QED) is 0.278. The first-order chi connectivity index (χ1) is 19.7. The Morgan fingerprint density at radius 2 is 1.54 bits per heavy atom. The van der Waals surface area contributed by atoms with Crippen molar-refractivity contribution < 1.29 is 19.1 Å². The lowest BCUT2D eigenvalue weighted by molar-refractivity contribution is -0.122. The molecule has 3 atom stereocenters. The Morgan fingerprint density at radius 1 is 0.902 bits per heavy atom. The lowest BCUT2D eigenvalue weighted by Crippen LogP contribution is -2.33. The average molecular weight is 627 g/mol. The molecule has 8 nitrogen and oxygen atoms in total. The van der Waals surface area contributed by atoms with E-state index in [0.29, 0.717) is 37.1 Å². The van der Waals surface area contributed by atoms with Crippen molar-refractivity contribution in [3.63, 3.8) is 0 Å². The van der Waals surface area contributed by atoms with Crippen molar-refractivity contribution in [1.82, 2.24) is 4.57 Å². The van der Waals surface area contributed by atoms with Crippen molar-refractivity contribution in [2.75, 3.05) is 17.3 Å². The van der Waals surface area contributed by atoms with Gasteiger partial charge in [0.05, 0.1) is 23.7 Å². The standard InChI is InChI=1S/C29H21Cl2N3O5S2/c1-39-20-12-8-18(9-13-20)32-21(35)14-33-28-25(41-29(33)38)22(15-2-4-16(30)5-3-15)23-24(40-28)27(37)34(26(23)36)19-10-6-17(31)7-11-19/h2-13,22-24H,14H2,1H3,(H,32,35). The number of aromatic nitrogens is 1. The molecule has 1 saturated heterocycles. The zero-order valence-corrected chi connectivity index (χ0v) is 24.5. The van der Waals surface area contributed by atoms with Crippen LogP contribution in [-0.4, -0.2) is 34.6 Å². The Kier molecular flexibility index (Phi) is 7.41. The lowest BCUT2D eigenvalue weighted by Gasteiger charge is -2.30. The van der Waals surface area contributed by atoms with Crippen LogP contribution in [0.15, 0.2) is 82.6 Å². The summed E-state index contributed by atoms with van der Waals surface area (Å²) in [6, 6.07) is 20.4. The maximum atomic E-state index is 13.9. The Labute approximate surface area is 252 Å². The first-order valence-electron chi connectivity index (χ1n) is 12.5. The largest absolute Gasteiger partial charge is 0.497 e. The second-order valence-corrected chi connectivity index (χ2v) is 12.5. The summed E-state index contributed by atoms with van der Waals surface area (Å²) < 4.78 is 6.53. The highest BCUT2D eigenvalue weighted by atomic mass is 35.5. The van der Waals surface area contributed by atoms with Gasteiger partial charge >= 0.3 is 4.87 Å². The molecule has 4 aromatic rings. The number of thioether (sulfide) groups is 1. The minimum absolute atomic E-state index is 0.253. The number of fused-ring (bicyclic) bond motifs is 2. The number of hydrogen-bond acceptors (Lipinski definition) is 7. The number of ether oxygens (including phenoxy) is 1. The number of benzene rings is 3. The van der Waals surface area contributed by atoms with Gasteiger partial charge in [-0.15, -0.1) is 0 Å². The highest BCUT2D eigenvalue weighted by molar-refractivity contribution is 8.00. The molecule has 0 aliphatic carbocycles. The smallest absolute Gasteiger partial charge is 0.308 e. The molecule has 3 aromatic carbocycles. The van der Waals surface area contributed by atoms with Gasteiger partial charge in [-0.2, -0.15) is 0 Å². The highest BCUT2D eigenvalue weighted by Gasteiger charge is 2.56. The van der Waals surface area contributed by atoms with Crippen LogP contribution in [0.2, 0.25) is 10.0 Å². The SMILES string of the molecule is COc1ccc(NC(=O)Cn2c3c(sc2=O)C(c2ccc(Cl)cc2)C2C(=O)N(c4ccc(Cl)cc4)C(=O)C2S3)cc1. The maximum Gasteiger partial charge on any atom is 0.308 e. The number of nitrogens with one attached hydrogen (secondary N) is 1. The number of rotatable bonds is 6. The molecule has 3 amide bonds. The summed E-state index contributed by atoms with van der Waals surface area (Å²) in [6.45, 7) is -0.253. The Bertz CT molecular complexity index is 1720. The van der Waals surface area contributed by atoms with Crippen LogP contribution in [0, 0.1) is 5.92 Å². The molecule has 0 radical (unpaired) electrons. The summed E-state index contributed by atoms with van der Waals surface area (Å²) in [7, 11) is 1.55. The molecular weight excluding hydrogens is 605 g/mol. The van der Waals surface area contributed by atoms with E-state index in [1.54, 1.807) is 79.9 Å². The molecule has 41 heavy (non-hydrogen) atoms. The number of anilines is 2. The summed E-state index contributed by atoms with van der Waals surface area (Å²) in [5, 5.41) is 3.51. The fourth-order valence-corrected chi connectivity index (χ4v) is 8.17. The van der Waals surface area contributed by atoms with E-state index >= 15 is 0 Å². The van der Waals surface area contributed by atoms with Crippen LogP contribution >= 0.6 is 46.3 Å². The summed E-state index contributed by atoms with van der Waals surface area (Å²) in [5.74, 6) is -1.83. The fourth-order valence-electron chi connectivity index (χ4n) is 5.15. The van der Waals surface area contributed by atoms with Gasteiger partial charge in [0, 0.05) is 26.5 Å². The molecule has 0 saturated carbocycles. The molecule has 1 aromatic heterocycles. The van der Waals surface area contributed by atoms with Crippen LogP contribution in [-0.2, 0) is 20.9 Å². The number of methoxy groups -OCH3 is 1. The predicted octanol–water partition coefficient (Wildman–Crippen LogP) is 5.66. The van der Waals surface area contributed by atoms with E-state index in [2.05, 4.69) is 5.32 Å². The second-order valence-electron chi connectivity index (χ2n) is 9.48. The van der Waals surface area contributed by atoms with Crippen LogP contribution < -0.4 is 19.8 Å². The van der Waals surface area contributed by atoms with Gasteiger partial charge in [0.25, 0.3) is 0 Å². The summed E-state index contributed by atoms with van der Waals surface area (Å²) in [4.78, 5) is 55.4. The summed E-state index contributed by atoms with van der Waals surface area (Å²) in [6.07, 6.45) is 0. The van der Waals surface area contributed by atoms with Crippen LogP contribution in [0.5, 0.6) is 5.75 Å². The monoisotopic (exact) mass is 625 g/mol. The van der Waals surface area contributed by atoms with Gasteiger partial charge in [0.2, 0.25) is 17.7 Å². The number of carbonyl (C=O) groups excluding carboxylic acids is 3. The minimum atomic E-state index is -0.795. The highest BCUT2D eigenvalue weighted by Crippen LogP contribution is 2.54. The Morgan fingerprint density at radius 3 is 2.17 bits per heavy atom. The van der Waals surface area contributed by atoms with Gasteiger partial charge in [-0.3, -0.25) is 23.7 Å². The Hall–Kier alpha value is -3.57. The molecular formula is C29H21Cl2N3O5S2. The molecule has 3 unspecified atom stereocenters. The first kappa shape index (κ1) is 27.6. The number of carbonyl (C=O) groups is 3. The molecule has 2 aliphatic rings. The van der Waals surface area contributed by atoms with Crippen LogP contribution in [0.1, 0.15) is 16.4 Å². The molecule has 3 heterocycles. The number of thiazole rings is 1. The van der Waals surface area contributed by atoms with Crippen molar-refractivity contribution in [2.24, 2.45) is 5.92 Å². The van der Waals surface area contributed by atoms with Crippen LogP contribution in [0.4, 0.5) is 11.4 Å². The normalized spacial score (nSPS) is 19.6. The van der Waals surface area contributed by atoms with E-state index in [9.17, 15) is 19.2 Å². The number of nitrogens with zero attached hydrogens (tertiary/aromatic N) is 2. The third-order valence-corrected chi connectivity index (χ3v) is 10.1. The summed E-state index contributed by atoms with van der Waals surface area (Å²) in [5.41, 5.74) is 1.73. The van der Waals surface area contributed by atoms with Gasteiger partial charge in [0.15, 0.2) is 0 Å². The minimum Gasteiger partial charge on any atom is -0.497 e. The van der Waals surface area contributed by atoms with Crippen molar-refractivity contribution in [2.45, 2.75) is 22.7 Å². The van der Waals surface area contributed by atoms with Gasteiger partial charge < -0.3 is 10.1 Å². The first-order valence-corrected chi connectivity index (χ1v) is 14.9. The second kappa shape index (κ2) is 11.0. The predicted molar refractivity (Wildman–Crippen MR) is 161 cm³/mol. The number of halogens is 2. The van der Waals surface area contributed by atoms with Crippen molar-refractivity contribution in [3.8, 4) is 5.75 Å². The zero-order chi connectivity index (χ0) is 28.8. The van der Waals surface area contributed by atoms with Gasteiger partial charge in [-0.05, 0) is 66.2 Å². The Balaban J connectivity index is 1.38. The van der Waals surface area contributed by atoms with Crippen molar-refractivity contribution >= 4 is 75.4 Å². The number of amides is 3. The maximum absolute atomic E-state index is 13.9. The molecule has 6 rings (SSSR count). The number of hydrogen-bond donors (Lipinski definition) is 1. The number of imide groups is 1. The van der Waals surface area contributed by atoms with Gasteiger partial charge in [-0.1, -0.05) is 58.4 Å². The van der Waals surface area contributed by atoms with Crippen LogP contribution in [0.3, 0.4) is 0 Å². The molecule has 0 spiro atoms. The van der Waals surface area contributed by atoms with Crippen LogP contribution in [0.25, 0.3) is 0 Å². The van der Waals surface area contributed by atoms with Crippen molar-refractivity contribution in [3.05, 3.63) is 103 Å². The fraction of sp³-hybridized carbons (Fsp3) is 0.172. The van der Waals surface area contributed by atoms with E-state index in [4.69, 9.17) is 27.9 Å². The third-order valence-electron chi connectivity index (χ3n) is 7.04. The van der Waals surface area contributed by atoms with E-state index < -0.39 is 23.0 Å². The molecule has 208 valence electrons. The molecule has 12 heteroatoms. The van der Waals surface area contributed by atoms with E-state index in [-0.39, 0.29) is 23.2 Å². The molecule has 1 N–H and O–H groups in total. The van der Waals surface area contributed by atoms with E-state index in [1.165, 1.54) is 9.47 Å². The molecule has 2 aliphatic heterocycles. The third kappa shape index (κ3) is 5.05. The van der Waals surface area contributed by atoms with Crippen molar-refractivity contribution in [1.29, 1.82) is 0 Å². The van der Waals surface area contributed by atoms with E-state index in [0.717, 1.165) is 28.7 Å². The lowest BCUT2D eigenvalue weighted by atomic mass is 9.83. The molecule has 1 fully saturated rings.